The van der Waals surface area contributed by atoms with Crippen LogP contribution in [-0.2, 0) is 14.3 Å². The van der Waals surface area contributed by atoms with E-state index in [4.69, 9.17) is 21.3 Å². The van der Waals surface area contributed by atoms with Crippen LogP contribution in [-0.4, -0.2) is 34.7 Å². The highest BCUT2D eigenvalue weighted by molar-refractivity contribution is 6.32. The molecule has 7 unspecified atom stereocenters. The summed E-state index contributed by atoms with van der Waals surface area (Å²) >= 11 is 6.49. The molecule has 2 amide bonds. The summed E-state index contributed by atoms with van der Waals surface area (Å²) in [5, 5.41) is 1.07. The monoisotopic (exact) mass is 644 g/mol. The third-order valence-electron chi connectivity index (χ3n) is 10.6. The molecule has 5 aliphatic rings. The van der Waals surface area contributed by atoms with Gasteiger partial charge in [-0.3, -0.25) is 19.3 Å². The topological polar surface area (TPSA) is 93.6 Å². The quantitative estimate of drug-likeness (QED) is 0.0847. The van der Waals surface area contributed by atoms with Gasteiger partial charge in [-0.1, -0.05) is 85.6 Å². The Hall–Kier alpha value is -4.62. The lowest BCUT2D eigenvalue weighted by molar-refractivity contribution is -0.124. The van der Waals surface area contributed by atoms with Gasteiger partial charge >= 0.3 is 5.97 Å². The minimum atomic E-state index is -0.940. The standard InChI is InChI=1S/C39H33ClN2O5/c1-3-7-32(36(43)22-8-5-4-6-9-22)47-39(46)29-19-31(41-35-20(2)30(40)17-16-26(29)35)21-10-12-23(13-11-21)42-37(44)33-24-14-15-25(28-18-27(24)28)34(33)38(42)45/h4-6,8-17,19,24-25,27-28,32-34H,3,7,18H2,1-2H3. The molecule has 1 aromatic heterocycles. The van der Waals surface area contributed by atoms with Crippen LogP contribution in [0.1, 0.15) is 52.5 Å². The van der Waals surface area contributed by atoms with Gasteiger partial charge in [-0.2, -0.15) is 0 Å². The predicted molar refractivity (Wildman–Crippen MR) is 179 cm³/mol. The zero-order valence-electron chi connectivity index (χ0n) is 26.1. The first-order chi connectivity index (χ1) is 22.8. The molecule has 2 saturated carbocycles. The van der Waals surface area contributed by atoms with E-state index in [9.17, 15) is 19.2 Å². The molecular weight excluding hydrogens is 612 g/mol. The molecule has 4 aromatic rings. The Morgan fingerprint density at radius 1 is 0.936 bits per heavy atom. The largest absolute Gasteiger partial charge is 0.450 e. The Morgan fingerprint density at radius 3 is 2.23 bits per heavy atom. The van der Waals surface area contributed by atoms with Crippen LogP contribution in [0, 0.1) is 42.4 Å². The zero-order chi connectivity index (χ0) is 32.6. The second kappa shape index (κ2) is 11.3. The van der Waals surface area contributed by atoms with Crippen molar-refractivity contribution in [2.75, 3.05) is 4.90 Å². The Morgan fingerprint density at radius 2 is 1.60 bits per heavy atom. The van der Waals surface area contributed by atoms with Crippen LogP contribution in [0.2, 0.25) is 5.02 Å². The van der Waals surface area contributed by atoms with E-state index in [1.165, 1.54) is 4.90 Å². The first kappa shape index (κ1) is 29.8. The molecule has 7 atom stereocenters. The maximum Gasteiger partial charge on any atom is 0.339 e. The van der Waals surface area contributed by atoms with Gasteiger partial charge in [0, 0.05) is 21.5 Å². The van der Waals surface area contributed by atoms with E-state index in [-0.39, 0.29) is 46.8 Å². The summed E-state index contributed by atoms with van der Waals surface area (Å²) in [5.41, 5.74) is 3.73. The second-order valence-electron chi connectivity index (χ2n) is 13.2. The highest BCUT2D eigenvalue weighted by atomic mass is 35.5. The van der Waals surface area contributed by atoms with Crippen LogP contribution in [0.25, 0.3) is 22.2 Å². The highest BCUT2D eigenvalue weighted by Crippen LogP contribution is 2.65. The number of fused-ring (bicyclic) bond motifs is 1. The van der Waals surface area contributed by atoms with Gasteiger partial charge in [0.2, 0.25) is 17.6 Å². The fourth-order valence-electron chi connectivity index (χ4n) is 8.20. The Balaban J connectivity index is 1.12. The lowest BCUT2D eigenvalue weighted by Crippen LogP contribution is -2.40. The number of imide groups is 1. The number of rotatable bonds is 8. The number of ketones is 1. The van der Waals surface area contributed by atoms with Crippen molar-refractivity contribution in [2.24, 2.45) is 35.5 Å². The minimum Gasteiger partial charge on any atom is -0.450 e. The average molecular weight is 645 g/mol. The number of Topliss-reactive ketones (excluding diaryl/α,β-unsaturated/α-hetero) is 1. The van der Waals surface area contributed by atoms with Crippen LogP contribution in [0.4, 0.5) is 5.69 Å². The lowest BCUT2D eigenvalue weighted by Gasteiger charge is -2.37. The van der Waals surface area contributed by atoms with Gasteiger partial charge in [0.1, 0.15) is 0 Å². The summed E-state index contributed by atoms with van der Waals surface area (Å²) in [6.45, 7) is 3.78. The van der Waals surface area contributed by atoms with Crippen LogP contribution < -0.4 is 4.90 Å². The SMILES string of the molecule is CCCC(OC(=O)c1cc(-c2ccc(N3C(=O)C4C5C=CC(C6CC56)C4C3=O)cc2)nc2c(C)c(Cl)ccc12)C(=O)c1ccccc1. The Kier molecular flexibility index (Phi) is 7.14. The molecule has 3 fully saturated rings. The molecule has 47 heavy (non-hydrogen) atoms. The number of hydrogen-bond donors (Lipinski definition) is 0. The number of carbonyl (C=O) groups is 4. The number of pyridine rings is 1. The fraction of sp³-hybridized carbons (Fsp3) is 0.308. The number of amides is 2. The Bertz CT molecular complexity index is 1970. The molecule has 8 heteroatoms. The molecule has 3 aromatic carbocycles. The highest BCUT2D eigenvalue weighted by Gasteiger charge is 2.67. The zero-order valence-corrected chi connectivity index (χ0v) is 26.8. The molecule has 0 spiro atoms. The lowest BCUT2D eigenvalue weighted by atomic mass is 9.63. The number of halogens is 1. The molecule has 2 heterocycles. The van der Waals surface area contributed by atoms with Crippen LogP contribution in [0.5, 0.6) is 0 Å². The molecule has 236 valence electrons. The van der Waals surface area contributed by atoms with Crippen LogP contribution in [0.3, 0.4) is 0 Å². The second-order valence-corrected chi connectivity index (χ2v) is 13.7. The van der Waals surface area contributed by atoms with E-state index in [1.807, 2.05) is 32.0 Å². The van der Waals surface area contributed by atoms with E-state index >= 15 is 0 Å². The number of ether oxygens (including phenoxy) is 1. The van der Waals surface area contributed by atoms with Gasteiger partial charge in [-0.05, 0) is 73.3 Å². The normalized spacial score (nSPS) is 25.9. The van der Waals surface area contributed by atoms with Gasteiger partial charge in [0.25, 0.3) is 0 Å². The maximum atomic E-state index is 13.8. The number of esters is 1. The van der Waals surface area contributed by atoms with Crippen molar-refractivity contribution in [3.05, 3.63) is 107 Å². The van der Waals surface area contributed by atoms with E-state index in [1.54, 1.807) is 54.6 Å². The summed E-state index contributed by atoms with van der Waals surface area (Å²) in [4.78, 5) is 60.7. The van der Waals surface area contributed by atoms with Crippen molar-refractivity contribution in [2.45, 2.75) is 39.2 Å². The number of carbonyl (C=O) groups excluding carboxylic acids is 4. The predicted octanol–water partition coefficient (Wildman–Crippen LogP) is 7.63. The molecule has 1 aliphatic heterocycles. The first-order valence-corrected chi connectivity index (χ1v) is 16.7. The molecular formula is C39H33ClN2O5. The molecule has 0 radical (unpaired) electrons. The summed E-state index contributed by atoms with van der Waals surface area (Å²) < 4.78 is 5.92. The van der Waals surface area contributed by atoms with Crippen molar-refractivity contribution in [3.8, 4) is 11.3 Å². The fourth-order valence-corrected chi connectivity index (χ4v) is 8.35. The maximum absolute atomic E-state index is 13.8. The van der Waals surface area contributed by atoms with Gasteiger partial charge < -0.3 is 4.74 Å². The third kappa shape index (κ3) is 4.74. The number of nitrogens with zero attached hydrogens (tertiary/aromatic N) is 2. The minimum absolute atomic E-state index is 0.108. The smallest absolute Gasteiger partial charge is 0.339 e. The number of benzene rings is 3. The van der Waals surface area contributed by atoms with Crippen molar-refractivity contribution in [1.29, 1.82) is 0 Å². The van der Waals surface area contributed by atoms with Gasteiger partial charge in [-0.15, -0.1) is 0 Å². The Labute approximate surface area is 277 Å². The molecule has 1 saturated heterocycles. The van der Waals surface area contributed by atoms with Crippen molar-refractivity contribution in [1.82, 2.24) is 4.98 Å². The number of allylic oxidation sites excluding steroid dienone is 2. The van der Waals surface area contributed by atoms with Gasteiger partial charge in [0.15, 0.2) is 6.10 Å². The molecule has 7 nitrogen and oxygen atoms in total. The summed E-state index contributed by atoms with van der Waals surface area (Å²) in [5.74, 6) is -0.239. The van der Waals surface area contributed by atoms with Crippen LogP contribution in [0.15, 0.2) is 84.9 Å². The van der Waals surface area contributed by atoms with E-state index in [0.29, 0.717) is 68.7 Å². The number of aromatic nitrogens is 1. The summed E-state index contributed by atoms with van der Waals surface area (Å²) in [7, 11) is 0. The molecule has 0 N–H and O–H groups in total. The third-order valence-corrected chi connectivity index (χ3v) is 11.0. The molecule has 4 aliphatic carbocycles. The van der Waals surface area contributed by atoms with Gasteiger partial charge in [-0.25, -0.2) is 9.78 Å². The van der Waals surface area contributed by atoms with Crippen molar-refractivity contribution in [3.63, 3.8) is 0 Å². The molecule has 9 rings (SSSR count). The van der Waals surface area contributed by atoms with Crippen molar-refractivity contribution >= 4 is 51.8 Å². The van der Waals surface area contributed by atoms with E-state index < -0.39 is 12.1 Å². The first-order valence-electron chi connectivity index (χ1n) is 16.3. The summed E-state index contributed by atoms with van der Waals surface area (Å²) in [6.07, 6.45) is 5.55. The van der Waals surface area contributed by atoms with E-state index in [0.717, 1.165) is 6.42 Å². The number of anilines is 1. The number of aryl methyl sites for hydroxylation is 1. The van der Waals surface area contributed by atoms with Crippen LogP contribution >= 0.6 is 11.6 Å². The van der Waals surface area contributed by atoms with Gasteiger partial charge in [0.05, 0.1) is 34.3 Å². The average Bonchev–Trinajstić information content (AvgIpc) is 3.88. The number of hydrogen-bond acceptors (Lipinski definition) is 6. The van der Waals surface area contributed by atoms with Crippen molar-refractivity contribution < 1.29 is 23.9 Å². The molecule has 2 bridgehead atoms. The van der Waals surface area contributed by atoms with E-state index in [2.05, 4.69) is 12.2 Å². The summed E-state index contributed by atoms with van der Waals surface area (Å²) in [6, 6.07) is 21.1.